The highest BCUT2D eigenvalue weighted by Gasteiger charge is 2.49. The standard InChI is InChI=1S/C10H4ClF3O5S/c11-7-8(19-20(16,17)10(12,13)14)5-3-1-2-4-6(5)18-9(7)15/h1-4H. The minimum absolute atomic E-state index is 0.158. The van der Waals surface area contributed by atoms with E-state index in [2.05, 4.69) is 8.60 Å². The first-order valence-corrected chi connectivity index (χ1v) is 6.64. The molecule has 0 aliphatic rings. The topological polar surface area (TPSA) is 73.6 Å². The third kappa shape index (κ3) is 2.46. The van der Waals surface area contributed by atoms with Crippen LogP contribution in [0.25, 0.3) is 11.0 Å². The van der Waals surface area contributed by atoms with Gasteiger partial charge in [0, 0.05) is 0 Å². The molecule has 1 heterocycles. The summed E-state index contributed by atoms with van der Waals surface area (Å²) in [7, 11) is -5.95. The molecule has 0 aliphatic carbocycles. The van der Waals surface area contributed by atoms with Crippen LogP contribution in [0.3, 0.4) is 0 Å². The maximum Gasteiger partial charge on any atom is 0.534 e. The van der Waals surface area contributed by atoms with Gasteiger partial charge < -0.3 is 8.60 Å². The molecular formula is C10H4ClF3O5S. The van der Waals surface area contributed by atoms with E-state index in [1.165, 1.54) is 24.3 Å². The first-order chi connectivity index (χ1) is 9.13. The lowest BCUT2D eigenvalue weighted by Crippen LogP contribution is -2.28. The Morgan fingerprint density at radius 1 is 1.20 bits per heavy atom. The Hall–Kier alpha value is -1.74. The summed E-state index contributed by atoms with van der Waals surface area (Å²) >= 11 is 5.47. The number of benzene rings is 1. The number of hydrogen-bond acceptors (Lipinski definition) is 5. The maximum atomic E-state index is 12.3. The molecule has 2 aromatic rings. The first-order valence-electron chi connectivity index (χ1n) is 4.85. The van der Waals surface area contributed by atoms with E-state index >= 15 is 0 Å². The quantitative estimate of drug-likeness (QED) is 0.481. The molecule has 0 saturated carbocycles. The van der Waals surface area contributed by atoms with Crippen LogP contribution >= 0.6 is 11.6 Å². The van der Waals surface area contributed by atoms with E-state index in [0.717, 1.165) is 0 Å². The fourth-order valence-electron chi connectivity index (χ4n) is 1.34. The van der Waals surface area contributed by atoms with E-state index in [1.54, 1.807) is 0 Å². The maximum absolute atomic E-state index is 12.3. The Morgan fingerprint density at radius 2 is 1.80 bits per heavy atom. The van der Waals surface area contributed by atoms with E-state index in [9.17, 15) is 26.4 Å². The van der Waals surface area contributed by atoms with E-state index in [1.807, 2.05) is 0 Å². The Kier molecular flexibility index (Phi) is 3.42. The van der Waals surface area contributed by atoms with Gasteiger partial charge in [0.15, 0.2) is 10.8 Å². The summed E-state index contributed by atoms with van der Waals surface area (Å²) in [6, 6.07) is 5.26. The summed E-state index contributed by atoms with van der Waals surface area (Å²) in [6.07, 6.45) is 0. The zero-order valence-corrected chi connectivity index (χ0v) is 10.8. The van der Waals surface area contributed by atoms with Crippen LogP contribution < -0.4 is 9.81 Å². The molecule has 0 bridgehead atoms. The highest BCUT2D eigenvalue weighted by Crippen LogP contribution is 2.35. The molecule has 0 saturated heterocycles. The minimum Gasteiger partial charge on any atom is -0.421 e. The van der Waals surface area contributed by atoms with Crippen molar-refractivity contribution in [2.45, 2.75) is 5.51 Å². The van der Waals surface area contributed by atoms with Crippen LogP contribution in [-0.2, 0) is 10.1 Å². The van der Waals surface area contributed by atoms with Crippen LogP contribution in [0.2, 0.25) is 5.02 Å². The first kappa shape index (κ1) is 14.7. The van der Waals surface area contributed by atoms with Gasteiger partial charge in [-0.1, -0.05) is 23.7 Å². The van der Waals surface area contributed by atoms with Gasteiger partial charge in [-0.2, -0.15) is 21.6 Å². The van der Waals surface area contributed by atoms with Crippen LogP contribution in [0.4, 0.5) is 13.2 Å². The zero-order chi connectivity index (χ0) is 15.1. The van der Waals surface area contributed by atoms with E-state index in [0.29, 0.717) is 0 Å². The van der Waals surface area contributed by atoms with E-state index in [4.69, 9.17) is 11.6 Å². The number of para-hydroxylation sites is 1. The van der Waals surface area contributed by atoms with Crippen molar-refractivity contribution in [1.82, 2.24) is 0 Å². The second-order valence-electron chi connectivity index (χ2n) is 3.51. The third-order valence-corrected chi connectivity index (χ3v) is 3.47. The minimum atomic E-state index is -5.95. The molecule has 1 aromatic carbocycles. The average Bonchev–Trinajstić information content (AvgIpc) is 2.33. The van der Waals surface area contributed by atoms with Gasteiger partial charge in [-0.25, -0.2) is 4.79 Å². The fourth-order valence-corrected chi connectivity index (χ4v) is 2.05. The Morgan fingerprint density at radius 3 is 2.40 bits per heavy atom. The zero-order valence-electron chi connectivity index (χ0n) is 9.27. The molecule has 0 aliphatic heterocycles. The molecule has 0 spiro atoms. The van der Waals surface area contributed by atoms with Gasteiger partial charge in [0.2, 0.25) is 0 Å². The summed E-state index contributed by atoms with van der Waals surface area (Å²) < 4.78 is 67.5. The molecule has 20 heavy (non-hydrogen) atoms. The van der Waals surface area contributed by atoms with Gasteiger partial charge in [0.05, 0.1) is 5.39 Å². The van der Waals surface area contributed by atoms with Crippen molar-refractivity contribution < 1.29 is 30.2 Å². The Bertz CT molecular complexity index is 825. The lowest BCUT2D eigenvalue weighted by atomic mass is 10.2. The number of fused-ring (bicyclic) bond motifs is 1. The smallest absolute Gasteiger partial charge is 0.421 e. The van der Waals surface area contributed by atoms with Crippen LogP contribution in [0.5, 0.6) is 5.75 Å². The lowest BCUT2D eigenvalue weighted by molar-refractivity contribution is -0.0499. The summed E-state index contributed by atoms with van der Waals surface area (Å²) in [5.74, 6) is -0.921. The van der Waals surface area contributed by atoms with Crippen molar-refractivity contribution >= 4 is 32.7 Å². The van der Waals surface area contributed by atoms with Crippen molar-refractivity contribution in [3.63, 3.8) is 0 Å². The summed E-state index contributed by atoms with van der Waals surface area (Å²) in [6.45, 7) is 0. The second kappa shape index (κ2) is 4.67. The largest absolute Gasteiger partial charge is 0.534 e. The van der Waals surface area contributed by atoms with Crippen LogP contribution in [-0.4, -0.2) is 13.9 Å². The van der Waals surface area contributed by atoms with Gasteiger partial charge in [0.25, 0.3) is 0 Å². The number of halogens is 4. The van der Waals surface area contributed by atoms with Gasteiger partial charge in [-0.05, 0) is 12.1 Å². The molecule has 0 N–H and O–H groups in total. The molecule has 5 nitrogen and oxygen atoms in total. The third-order valence-electron chi connectivity index (χ3n) is 2.19. The summed E-state index contributed by atoms with van der Waals surface area (Å²) in [4.78, 5) is 11.3. The Labute approximate surface area is 114 Å². The summed E-state index contributed by atoms with van der Waals surface area (Å²) in [5.41, 5.74) is -7.01. The molecule has 2 rings (SSSR count). The normalized spacial score (nSPS) is 12.6. The number of alkyl halides is 3. The van der Waals surface area contributed by atoms with E-state index < -0.39 is 32.0 Å². The predicted molar refractivity (Wildman–Crippen MR) is 63.1 cm³/mol. The van der Waals surface area contributed by atoms with Crippen molar-refractivity contribution in [1.29, 1.82) is 0 Å². The molecule has 0 radical (unpaired) electrons. The van der Waals surface area contributed by atoms with Crippen LogP contribution in [0.1, 0.15) is 0 Å². The lowest BCUT2D eigenvalue weighted by Gasteiger charge is -2.11. The van der Waals surface area contributed by atoms with Crippen LogP contribution in [0, 0.1) is 0 Å². The SMILES string of the molecule is O=c1oc2ccccc2c(OS(=O)(=O)C(F)(F)F)c1Cl. The molecular weight excluding hydrogens is 325 g/mol. The van der Waals surface area contributed by atoms with Crippen molar-refractivity contribution in [3.8, 4) is 5.75 Å². The van der Waals surface area contributed by atoms with Crippen molar-refractivity contribution in [3.05, 3.63) is 39.7 Å². The molecule has 0 fully saturated rings. The molecule has 108 valence electrons. The van der Waals surface area contributed by atoms with Crippen molar-refractivity contribution in [2.24, 2.45) is 0 Å². The van der Waals surface area contributed by atoms with Crippen molar-refractivity contribution in [2.75, 3.05) is 0 Å². The average molecular weight is 329 g/mol. The molecule has 10 heteroatoms. The molecule has 0 amide bonds. The summed E-state index contributed by atoms with van der Waals surface area (Å²) in [5, 5.41) is -1.07. The predicted octanol–water partition coefficient (Wildman–Crippen LogP) is 2.67. The van der Waals surface area contributed by atoms with Gasteiger partial charge in [0.1, 0.15) is 5.58 Å². The molecule has 0 unspecified atom stereocenters. The molecule has 0 atom stereocenters. The molecule has 1 aromatic heterocycles. The van der Waals surface area contributed by atoms with Gasteiger partial charge in [-0.15, -0.1) is 0 Å². The Balaban J connectivity index is 2.72. The highest BCUT2D eigenvalue weighted by atomic mass is 35.5. The highest BCUT2D eigenvalue weighted by molar-refractivity contribution is 7.88. The fraction of sp³-hybridized carbons (Fsp3) is 0.100. The number of hydrogen-bond donors (Lipinski definition) is 0. The monoisotopic (exact) mass is 328 g/mol. The van der Waals surface area contributed by atoms with Crippen LogP contribution in [0.15, 0.2) is 33.5 Å². The van der Waals surface area contributed by atoms with Gasteiger partial charge in [-0.3, -0.25) is 0 Å². The van der Waals surface area contributed by atoms with Gasteiger partial charge >= 0.3 is 21.3 Å². The number of rotatable bonds is 2. The van der Waals surface area contributed by atoms with E-state index in [-0.39, 0.29) is 11.0 Å². The second-order valence-corrected chi connectivity index (χ2v) is 5.43.